The van der Waals surface area contributed by atoms with Gasteiger partial charge in [0.05, 0.1) is 23.9 Å². The fraction of sp³-hybridized carbons (Fsp3) is 0.750. The van der Waals surface area contributed by atoms with Gasteiger partial charge < -0.3 is 23.8 Å². The molecule has 5 atom stereocenters. The number of ether oxygens (including phenoxy) is 4. The second-order valence-electron chi connectivity index (χ2n) is 11.3. The second kappa shape index (κ2) is 10.5. The molecule has 0 aromatic heterocycles. The summed E-state index contributed by atoms with van der Waals surface area (Å²) in [7, 11) is 4.06. The highest BCUT2D eigenvalue weighted by Crippen LogP contribution is 2.59. The summed E-state index contributed by atoms with van der Waals surface area (Å²) in [5.41, 5.74) is 0.948. The summed E-state index contributed by atoms with van der Waals surface area (Å²) in [5, 5.41) is 0. The predicted molar refractivity (Wildman–Crippen MR) is 132 cm³/mol. The van der Waals surface area contributed by atoms with E-state index in [0.29, 0.717) is 37.4 Å². The van der Waals surface area contributed by atoms with Crippen LogP contribution in [0.5, 0.6) is 5.75 Å². The van der Waals surface area contributed by atoms with Crippen LogP contribution in [0.4, 0.5) is 0 Å². The summed E-state index contributed by atoms with van der Waals surface area (Å²) < 4.78 is 23.9. The van der Waals surface area contributed by atoms with Crippen LogP contribution in [0.3, 0.4) is 0 Å². The molecule has 3 fully saturated rings. The first kappa shape index (κ1) is 25.5. The van der Waals surface area contributed by atoms with E-state index in [9.17, 15) is 4.79 Å². The van der Waals surface area contributed by atoms with Gasteiger partial charge in [-0.3, -0.25) is 4.79 Å². The lowest BCUT2D eigenvalue weighted by Gasteiger charge is -2.36. The molecule has 0 bridgehead atoms. The van der Waals surface area contributed by atoms with Crippen molar-refractivity contribution in [3.63, 3.8) is 0 Å². The third-order valence-corrected chi connectivity index (χ3v) is 7.86. The van der Waals surface area contributed by atoms with Crippen molar-refractivity contribution in [3.8, 4) is 5.75 Å². The van der Waals surface area contributed by atoms with E-state index in [1.54, 1.807) is 0 Å². The first-order valence-electron chi connectivity index (χ1n) is 13.1. The normalized spacial score (nSPS) is 32.3. The maximum absolute atomic E-state index is 12.6. The Bertz CT molecular complexity index is 819. The molecule has 1 spiro atoms. The summed E-state index contributed by atoms with van der Waals surface area (Å²) in [6.07, 6.45) is 6.32. The summed E-state index contributed by atoms with van der Waals surface area (Å²) in [4.78, 5) is 14.7. The number of nitrogens with zero attached hydrogens (tertiary/aromatic N) is 1. The highest BCUT2D eigenvalue weighted by atomic mass is 16.6. The van der Waals surface area contributed by atoms with Crippen LogP contribution in [0.1, 0.15) is 64.9 Å². The zero-order valence-corrected chi connectivity index (χ0v) is 21.7. The van der Waals surface area contributed by atoms with Crippen molar-refractivity contribution in [2.75, 3.05) is 33.9 Å². The average Bonchev–Trinajstić information content (AvgIpc) is 3.70. The molecular formula is C28H43NO5. The predicted octanol–water partition coefficient (Wildman–Crippen LogP) is 4.63. The number of hydrogen-bond donors (Lipinski definition) is 0. The van der Waals surface area contributed by atoms with Gasteiger partial charge in [-0.2, -0.15) is 0 Å². The Kier molecular flexibility index (Phi) is 7.90. The minimum absolute atomic E-state index is 0.0356. The molecule has 1 aromatic carbocycles. The molecule has 4 unspecified atom stereocenters. The molecule has 0 amide bonds. The molecule has 0 radical (unpaired) electrons. The largest absolute Gasteiger partial charge is 0.492 e. The fourth-order valence-electron chi connectivity index (χ4n) is 5.48. The molecule has 4 rings (SSSR count). The molecule has 3 aliphatic rings. The molecule has 1 aliphatic carbocycles. The van der Waals surface area contributed by atoms with E-state index in [0.717, 1.165) is 50.1 Å². The topological polar surface area (TPSA) is 63.8 Å². The maximum atomic E-state index is 12.6. The number of epoxide rings is 2. The Balaban J connectivity index is 1.22. The number of carbonyl (C=O) groups excluding carboxylic acids is 1. The van der Waals surface area contributed by atoms with Crippen LogP contribution in [0.15, 0.2) is 24.3 Å². The Labute approximate surface area is 205 Å². The van der Waals surface area contributed by atoms with Gasteiger partial charge in [-0.25, -0.2) is 0 Å². The van der Waals surface area contributed by atoms with E-state index >= 15 is 0 Å². The first-order chi connectivity index (χ1) is 16.2. The van der Waals surface area contributed by atoms with E-state index in [4.69, 9.17) is 18.9 Å². The van der Waals surface area contributed by atoms with Crippen molar-refractivity contribution in [2.24, 2.45) is 11.8 Å². The third-order valence-electron chi connectivity index (χ3n) is 7.86. The van der Waals surface area contributed by atoms with Crippen LogP contribution < -0.4 is 4.74 Å². The lowest BCUT2D eigenvalue weighted by molar-refractivity contribution is -0.153. The summed E-state index contributed by atoms with van der Waals surface area (Å²) >= 11 is 0. The van der Waals surface area contributed by atoms with Gasteiger partial charge in [-0.15, -0.1) is 0 Å². The van der Waals surface area contributed by atoms with Gasteiger partial charge in [0.1, 0.15) is 18.5 Å². The lowest BCUT2D eigenvalue weighted by Crippen LogP contribution is -2.44. The van der Waals surface area contributed by atoms with Crippen LogP contribution in [-0.2, 0) is 25.4 Å². The molecule has 6 nitrogen and oxygen atoms in total. The minimum Gasteiger partial charge on any atom is -0.492 e. The van der Waals surface area contributed by atoms with Crippen LogP contribution in [0.25, 0.3) is 0 Å². The molecule has 6 heteroatoms. The van der Waals surface area contributed by atoms with E-state index < -0.39 is 0 Å². The number of benzene rings is 1. The van der Waals surface area contributed by atoms with Gasteiger partial charge in [0.25, 0.3) is 0 Å². The SMILES string of the molecule is CC(C)CCC1O[C@]1(C)C1CC(OC(=O)CCc2ccc(OCCN(C)C)cc2)CCC12CO2. The quantitative estimate of drug-likeness (QED) is 0.326. The smallest absolute Gasteiger partial charge is 0.306 e. The van der Waals surface area contributed by atoms with Crippen molar-refractivity contribution in [1.82, 2.24) is 4.90 Å². The number of hydrogen-bond acceptors (Lipinski definition) is 6. The number of likely N-dealkylation sites (N-methyl/N-ethyl adjacent to an activating group) is 1. The van der Waals surface area contributed by atoms with Crippen molar-refractivity contribution in [1.29, 1.82) is 0 Å². The molecule has 34 heavy (non-hydrogen) atoms. The summed E-state index contributed by atoms with van der Waals surface area (Å²) in [5.74, 6) is 1.75. The number of esters is 1. The Hall–Kier alpha value is -1.63. The van der Waals surface area contributed by atoms with Crippen molar-refractivity contribution in [3.05, 3.63) is 29.8 Å². The lowest BCUT2D eigenvalue weighted by atomic mass is 9.70. The number of carbonyl (C=O) groups is 1. The summed E-state index contributed by atoms with van der Waals surface area (Å²) in [6.45, 7) is 9.13. The van der Waals surface area contributed by atoms with Crippen LogP contribution in [-0.4, -0.2) is 68.1 Å². The van der Waals surface area contributed by atoms with E-state index in [1.165, 1.54) is 6.42 Å². The van der Waals surface area contributed by atoms with E-state index in [2.05, 4.69) is 25.7 Å². The number of rotatable bonds is 12. The highest BCUT2D eigenvalue weighted by molar-refractivity contribution is 5.70. The maximum Gasteiger partial charge on any atom is 0.306 e. The van der Waals surface area contributed by atoms with Gasteiger partial charge in [-0.1, -0.05) is 26.0 Å². The molecular weight excluding hydrogens is 430 g/mol. The monoisotopic (exact) mass is 473 g/mol. The van der Waals surface area contributed by atoms with Crippen LogP contribution >= 0.6 is 0 Å². The zero-order valence-electron chi connectivity index (χ0n) is 21.7. The van der Waals surface area contributed by atoms with E-state index in [1.807, 2.05) is 38.4 Å². The molecule has 2 saturated heterocycles. The number of aryl methyl sites for hydroxylation is 1. The second-order valence-corrected chi connectivity index (χ2v) is 11.3. The Morgan fingerprint density at radius 2 is 1.97 bits per heavy atom. The fourth-order valence-corrected chi connectivity index (χ4v) is 5.48. The zero-order chi connectivity index (χ0) is 24.3. The first-order valence-corrected chi connectivity index (χ1v) is 13.1. The van der Waals surface area contributed by atoms with E-state index in [-0.39, 0.29) is 23.3 Å². The van der Waals surface area contributed by atoms with Gasteiger partial charge in [0, 0.05) is 18.9 Å². The molecule has 0 N–H and O–H groups in total. The molecule has 1 aromatic rings. The summed E-state index contributed by atoms with van der Waals surface area (Å²) in [6, 6.07) is 8.02. The van der Waals surface area contributed by atoms with Crippen molar-refractivity contribution in [2.45, 2.75) is 89.1 Å². The highest BCUT2D eigenvalue weighted by Gasteiger charge is 2.68. The Morgan fingerprint density at radius 3 is 2.62 bits per heavy atom. The standard InChI is InChI=1S/C28H43NO5/c1-20(2)6-12-25-27(3,34-25)24-18-23(14-15-28(24)19-32-28)33-26(30)13-9-21-7-10-22(11-8-21)31-17-16-29(4)5/h7-8,10-11,20,23-25H,6,9,12-19H2,1-5H3/t23?,24?,25?,27-,28?/m1/s1. The van der Waals surface area contributed by atoms with Crippen LogP contribution in [0.2, 0.25) is 0 Å². The van der Waals surface area contributed by atoms with Gasteiger partial charge in [-0.05, 0) is 83.2 Å². The van der Waals surface area contributed by atoms with Crippen LogP contribution in [0, 0.1) is 11.8 Å². The van der Waals surface area contributed by atoms with Crippen molar-refractivity contribution >= 4 is 5.97 Å². The van der Waals surface area contributed by atoms with Crippen molar-refractivity contribution < 1.29 is 23.7 Å². The van der Waals surface area contributed by atoms with Gasteiger partial charge in [0.15, 0.2) is 0 Å². The third kappa shape index (κ3) is 6.32. The molecule has 2 aliphatic heterocycles. The molecule has 1 saturated carbocycles. The van der Waals surface area contributed by atoms with Gasteiger partial charge in [0.2, 0.25) is 0 Å². The Morgan fingerprint density at radius 1 is 1.24 bits per heavy atom. The van der Waals surface area contributed by atoms with Gasteiger partial charge >= 0.3 is 5.97 Å². The average molecular weight is 474 g/mol. The minimum atomic E-state index is -0.132. The molecule has 190 valence electrons. The molecule has 2 heterocycles.